The number of nitrogens with zero attached hydrogens (tertiary/aromatic N) is 1. The zero-order chi connectivity index (χ0) is 45.3. The van der Waals surface area contributed by atoms with Crippen LogP contribution in [0.2, 0.25) is 0 Å². The molecule has 0 bridgehead atoms. The van der Waals surface area contributed by atoms with Crippen molar-refractivity contribution in [3.63, 3.8) is 0 Å². The highest BCUT2D eigenvalue weighted by molar-refractivity contribution is 5.73. The largest absolute Gasteiger partial charge is 0.466 e. The Morgan fingerprint density at radius 3 is 1.48 bits per heavy atom. The van der Waals surface area contributed by atoms with Crippen molar-refractivity contribution in [3.05, 3.63) is 20.4 Å². The highest BCUT2D eigenvalue weighted by Crippen LogP contribution is 2.21. The molecule has 0 aliphatic rings. The SMILES string of the molecule is CCCCCCCCC(CCCCCCCC)OC(=O)CCCCCCCN(CCCCCCCC(=O)OCCC(CCC)CCCCCC)CCCNc1c(NC)c(=O)c1=O. The van der Waals surface area contributed by atoms with Gasteiger partial charge in [0.05, 0.1) is 6.61 Å². The third kappa shape index (κ3) is 30.6. The number of ether oxygens (including phenoxy) is 2. The number of nitrogens with one attached hydrogen (secondary N) is 2. The Kier molecular flexibility index (Phi) is 38.4. The van der Waals surface area contributed by atoms with Gasteiger partial charge in [-0.3, -0.25) is 19.2 Å². The zero-order valence-corrected chi connectivity index (χ0v) is 41.3. The summed E-state index contributed by atoms with van der Waals surface area (Å²) in [7, 11) is 1.67. The molecule has 0 saturated heterocycles. The predicted molar refractivity (Wildman–Crippen MR) is 264 cm³/mol. The highest BCUT2D eigenvalue weighted by Gasteiger charge is 2.19. The normalized spacial score (nSPS) is 12.1. The highest BCUT2D eigenvalue weighted by atomic mass is 16.5. The van der Waals surface area contributed by atoms with Crippen molar-refractivity contribution in [1.82, 2.24) is 4.90 Å². The molecule has 1 aromatic carbocycles. The van der Waals surface area contributed by atoms with E-state index in [0.717, 1.165) is 122 Å². The van der Waals surface area contributed by atoms with Crippen LogP contribution in [0.25, 0.3) is 0 Å². The Balaban J connectivity index is 2.40. The minimum Gasteiger partial charge on any atom is -0.466 e. The van der Waals surface area contributed by atoms with Crippen LogP contribution in [0, 0.1) is 5.92 Å². The molecule has 9 heteroatoms. The second-order valence-corrected chi connectivity index (χ2v) is 18.6. The summed E-state index contributed by atoms with van der Waals surface area (Å²) in [6.45, 7) is 13.2. The maximum atomic E-state index is 12.9. The van der Waals surface area contributed by atoms with Crippen LogP contribution in [0.3, 0.4) is 0 Å². The van der Waals surface area contributed by atoms with Crippen molar-refractivity contribution in [2.45, 2.75) is 259 Å². The van der Waals surface area contributed by atoms with Gasteiger partial charge in [0.2, 0.25) is 0 Å². The van der Waals surface area contributed by atoms with Crippen LogP contribution < -0.4 is 21.5 Å². The lowest BCUT2D eigenvalue weighted by Gasteiger charge is -2.23. The molecule has 9 nitrogen and oxygen atoms in total. The van der Waals surface area contributed by atoms with E-state index in [-0.39, 0.29) is 18.0 Å². The van der Waals surface area contributed by atoms with Crippen molar-refractivity contribution in [2.24, 2.45) is 5.92 Å². The third-order valence-corrected chi connectivity index (χ3v) is 12.8. The van der Waals surface area contributed by atoms with Crippen LogP contribution in [-0.4, -0.2) is 62.8 Å². The Bertz CT molecular complexity index is 1250. The fraction of sp³-hybridized carbons (Fsp3) is 0.887. The number of unbranched alkanes of at least 4 members (excludes halogenated alkanes) is 21. The zero-order valence-electron chi connectivity index (χ0n) is 41.3. The van der Waals surface area contributed by atoms with Gasteiger partial charge in [0.1, 0.15) is 17.5 Å². The number of hydrogen-bond acceptors (Lipinski definition) is 9. The fourth-order valence-electron chi connectivity index (χ4n) is 8.84. The first-order valence-corrected chi connectivity index (χ1v) is 26.6. The molecular weight excluding hydrogens is 775 g/mol. The van der Waals surface area contributed by atoms with Crippen LogP contribution >= 0.6 is 0 Å². The first kappa shape index (κ1) is 57.6. The van der Waals surface area contributed by atoms with Gasteiger partial charge in [-0.2, -0.15) is 0 Å². The number of carbonyl (C=O) groups excluding carboxylic acids is 2. The van der Waals surface area contributed by atoms with Crippen LogP contribution in [-0.2, 0) is 19.1 Å². The average molecular weight is 874 g/mol. The van der Waals surface area contributed by atoms with E-state index in [0.29, 0.717) is 43.3 Å². The molecule has 0 fully saturated rings. The van der Waals surface area contributed by atoms with Crippen LogP contribution in [0.4, 0.5) is 11.4 Å². The van der Waals surface area contributed by atoms with Crippen molar-refractivity contribution in [1.29, 1.82) is 0 Å². The number of hydrogen-bond donors (Lipinski definition) is 2. The molecule has 0 aliphatic heterocycles. The maximum Gasteiger partial charge on any atom is 0.306 e. The van der Waals surface area contributed by atoms with Gasteiger partial charge >= 0.3 is 11.9 Å². The molecule has 0 radical (unpaired) electrons. The van der Waals surface area contributed by atoms with E-state index in [1.54, 1.807) is 7.05 Å². The molecule has 1 atom stereocenters. The molecule has 0 spiro atoms. The first-order chi connectivity index (χ1) is 30.3. The number of rotatable bonds is 47. The van der Waals surface area contributed by atoms with Gasteiger partial charge in [-0.15, -0.1) is 0 Å². The van der Waals surface area contributed by atoms with Crippen LogP contribution in [0.15, 0.2) is 9.59 Å². The minimum absolute atomic E-state index is 0.00319. The van der Waals surface area contributed by atoms with E-state index < -0.39 is 10.9 Å². The molecule has 62 heavy (non-hydrogen) atoms. The molecular formula is C53H99N3O6. The summed E-state index contributed by atoms with van der Waals surface area (Å²) in [5, 5.41) is 6.02. The summed E-state index contributed by atoms with van der Waals surface area (Å²) in [6.07, 6.45) is 39.9. The van der Waals surface area contributed by atoms with Gasteiger partial charge in [-0.05, 0) is 89.8 Å². The molecule has 0 aromatic heterocycles. The number of esters is 2. The summed E-state index contributed by atoms with van der Waals surface area (Å²) in [5.41, 5.74) is -0.0574. The second-order valence-electron chi connectivity index (χ2n) is 18.6. The van der Waals surface area contributed by atoms with E-state index in [1.165, 1.54) is 109 Å². The lowest BCUT2D eigenvalue weighted by Crippen LogP contribution is -2.37. The average Bonchev–Trinajstić information content (AvgIpc) is 3.26. The van der Waals surface area contributed by atoms with Crippen LogP contribution in [0.5, 0.6) is 0 Å². The Morgan fingerprint density at radius 1 is 0.484 bits per heavy atom. The summed E-state index contributed by atoms with van der Waals surface area (Å²) >= 11 is 0. The fourth-order valence-corrected chi connectivity index (χ4v) is 8.84. The van der Waals surface area contributed by atoms with Crippen LogP contribution in [0.1, 0.15) is 252 Å². The van der Waals surface area contributed by atoms with E-state index >= 15 is 0 Å². The molecule has 1 unspecified atom stereocenters. The van der Waals surface area contributed by atoms with Gasteiger partial charge in [0, 0.05) is 26.4 Å². The lowest BCUT2D eigenvalue weighted by molar-refractivity contribution is -0.150. The topological polar surface area (TPSA) is 114 Å². The first-order valence-electron chi connectivity index (χ1n) is 26.6. The van der Waals surface area contributed by atoms with Crippen molar-refractivity contribution < 1.29 is 19.1 Å². The van der Waals surface area contributed by atoms with Gasteiger partial charge in [0.15, 0.2) is 0 Å². The predicted octanol–water partition coefficient (Wildman–Crippen LogP) is 13.8. The molecule has 0 aliphatic carbocycles. The smallest absolute Gasteiger partial charge is 0.306 e. The standard InChI is InChI=1S/C53H99N3O6/c1-6-10-13-16-20-27-36-47(37-28-21-17-14-11-7-2)62-49(58)39-30-23-19-25-32-43-56(44-33-41-55-51-50(54-5)52(59)53(51)60)42-31-24-18-22-29-38-48(57)61-45-40-46(34-9-4)35-26-15-12-8-3/h46-47,54-55H,6-45H2,1-5H3. The van der Waals surface area contributed by atoms with E-state index in [1.807, 2.05) is 0 Å². The summed E-state index contributed by atoms with van der Waals surface area (Å²) in [5.74, 6) is 0.639. The van der Waals surface area contributed by atoms with Gasteiger partial charge < -0.3 is 25.0 Å². The third-order valence-electron chi connectivity index (χ3n) is 12.8. The Morgan fingerprint density at radius 2 is 0.935 bits per heavy atom. The maximum absolute atomic E-state index is 12.9. The van der Waals surface area contributed by atoms with E-state index in [4.69, 9.17) is 9.47 Å². The molecule has 1 aromatic rings. The van der Waals surface area contributed by atoms with Crippen molar-refractivity contribution in [3.8, 4) is 0 Å². The quantitative estimate of drug-likeness (QED) is 0.0375. The van der Waals surface area contributed by atoms with Gasteiger partial charge in [-0.25, -0.2) is 0 Å². The summed E-state index contributed by atoms with van der Waals surface area (Å²) < 4.78 is 11.7. The molecule has 362 valence electrons. The molecule has 0 saturated carbocycles. The monoisotopic (exact) mass is 874 g/mol. The Hall–Kier alpha value is -2.42. The van der Waals surface area contributed by atoms with Crippen molar-refractivity contribution >= 4 is 23.3 Å². The van der Waals surface area contributed by atoms with Gasteiger partial charge in [0.25, 0.3) is 10.9 Å². The van der Waals surface area contributed by atoms with Crippen molar-refractivity contribution in [2.75, 3.05) is 50.5 Å². The number of anilines is 2. The lowest BCUT2D eigenvalue weighted by atomic mass is 9.93. The molecule has 0 heterocycles. The molecule has 0 amide bonds. The Labute approximate surface area is 381 Å². The second kappa shape index (κ2) is 41.3. The summed E-state index contributed by atoms with van der Waals surface area (Å²) in [4.78, 5) is 51.6. The number of carbonyl (C=O) groups is 2. The minimum atomic E-state index is -0.439. The van der Waals surface area contributed by atoms with E-state index in [2.05, 4.69) is 43.2 Å². The molecule has 1 rings (SSSR count). The van der Waals surface area contributed by atoms with Gasteiger partial charge in [-0.1, -0.05) is 175 Å². The molecule has 2 N–H and O–H groups in total. The van der Waals surface area contributed by atoms with E-state index in [9.17, 15) is 19.2 Å². The summed E-state index contributed by atoms with van der Waals surface area (Å²) in [6, 6.07) is 0.